The number of nitrogens with zero attached hydrogens (tertiary/aromatic N) is 3. The molecular formula is C15H21N3O3. The Morgan fingerprint density at radius 3 is 2.48 bits per heavy atom. The lowest BCUT2D eigenvalue weighted by atomic mass is 10.0. The third kappa shape index (κ3) is 1.65. The summed E-state index contributed by atoms with van der Waals surface area (Å²) in [7, 11) is 1.92. The predicted octanol–water partition coefficient (Wildman–Crippen LogP) is 1.18. The highest BCUT2D eigenvalue weighted by Crippen LogP contribution is 2.41. The van der Waals surface area contributed by atoms with Gasteiger partial charge in [-0.3, -0.25) is 19.3 Å². The minimum atomic E-state index is -0.471. The van der Waals surface area contributed by atoms with Crippen LogP contribution in [0, 0.1) is 6.92 Å². The normalized spacial score (nSPS) is 20.2. The van der Waals surface area contributed by atoms with E-state index in [2.05, 4.69) is 0 Å². The lowest BCUT2D eigenvalue weighted by Gasteiger charge is -2.52. The van der Waals surface area contributed by atoms with Gasteiger partial charge >= 0.3 is 0 Å². The zero-order chi connectivity index (χ0) is 15.4. The maximum Gasteiger partial charge on any atom is 0.278 e. The van der Waals surface area contributed by atoms with Crippen LogP contribution in [0.25, 0.3) is 0 Å². The van der Waals surface area contributed by atoms with E-state index in [-0.39, 0.29) is 17.3 Å². The molecule has 21 heavy (non-hydrogen) atoms. The number of hydrogen-bond acceptors (Lipinski definition) is 4. The van der Waals surface area contributed by atoms with Gasteiger partial charge in [-0.15, -0.1) is 0 Å². The SMILES string of the molecule is CCN1C(=O)c2c(O)c(=O)c(C)cn2N(C)C12CCCC2. The van der Waals surface area contributed by atoms with Crippen LogP contribution in [0.5, 0.6) is 5.75 Å². The Labute approximate surface area is 123 Å². The van der Waals surface area contributed by atoms with Gasteiger partial charge in [-0.05, 0) is 39.5 Å². The van der Waals surface area contributed by atoms with Gasteiger partial charge in [0.15, 0.2) is 11.4 Å². The van der Waals surface area contributed by atoms with Crippen molar-refractivity contribution < 1.29 is 9.90 Å². The standard InChI is InChI=1S/C15H21N3O3/c1-4-17-14(21)11-13(20)12(19)10(2)9-18(11)16(3)15(17)7-5-6-8-15/h9,20H,4-8H2,1-3H3. The highest BCUT2D eigenvalue weighted by Gasteiger charge is 2.50. The Bertz CT molecular complexity index is 659. The van der Waals surface area contributed by atoms with Crippen LogP contribution in [0.2, 0.25) is 0 Å². The van der Waals surface area contributed by atoms with E-state index in [0.717, 1.165) is 25.7 Å². The number of hydrogen-bond donors (Lipinski definition) is 1. The first-order valence-electron chi connectivity index (χ1n) is 7.45. The van der Waals surface area contributed by atoms with E-state index < -0.39 is 11.2 Å². The second kappa shape index (κ2) is 4.51. The number of carbonyl (C=O) groups is 1. The van der Waals surface area contributed by atoms with Gasteiger partial charge in [0, 0.05) is 25.4 Å². The summed E-state index contributed by atoms with van der Waals surface area (Å²) in [6.07, 6.45) is 5.63. The van der Waals surface area contributed by atoms with Gasteiger partial charge in [-0.2, -0.15) is 0 Å². The van der Waals surface area contributed by atoms with E-state index in [1.807, 2.05) is 19.0 Å². The zero-order valence-corrected chi connectivity index (χ0v) is 12.7. The molecule has 1 fully saturated rings. The van der Waals surface area contributed by atoms with E-state index in [1.165, 1.54) is 0 Å². The average Bonchev–Trinajstić information content (AvgIpc) is 2.93. The van der Waals surface area contributed by atoms with Crippen LogP contribution in [-0.4, -0.2) is 39.8 Å². The molecule has 0 saturated heterocycles. The maximum atomic E-state index is 12.8. The van der Waals surface area contributed by atoms with Crippen molar-refractivity contribution in [2.75, 3.05) is 18.6 Å². The molecule has 6 heteroatoms. The van der Waals surface area contributed by atoms with Crippen LogP contribution in [0.15, 0.2) is 11.0 Å². The summed E-state index contributed by atoms with van der Waals surface area (Å²) in [4.78, 5) is 26.6. The van der Waals surface area contributed by atoms with Crippen molar-refractivity contribution in [2.24, 2.45) is 0 Å². The first-order valence-corrected chi connectivity index (χ1v) is 7.45. The van der Waals surface area contributed by atoms with Crippen LogP contribution in [0.3, 0.4) is 0 Å². The van der Waals surface area contributed by atoms with Crippen LogP contribution < -0.4 is 10.4 Å². The number of aromatic nitrogens is 1. The summed E-state index contributed by atoms with van der Waals surface area (Å²) >= 11 is 0. The van der Waals surface area contributed by atoms with Gasteiger partial charge < -0.3 is 10.0 Å². The molecule has 1 aliphatic heterocycles. The first kappa shape index (κ1) is 14.0. The highest BCUT2D eigenvalue weighted by atomic mass is 16.3. The van der Waals surface area contributed by atoms with E-state index >= 15 is 0 Å². The molecule has 6 nitrogen and oxygen atoms in total. The Balaban J connectivity index is 2.28. The van der Waals surface area contributed by atoms with Gasteiger partial charge in [0.05, 0.1) is 0 Å². The van der Waals surface area contributed by atoms with Crippen molar-refractivity contribution >= 4 is 5.91 Å². The second-order valence-electron chi connectivity index (χ2n) is 5.95. The third-order valence-electron chi connectivity index (χ3n) is 4.94. The van der Waals surface area contributed by atoms with Gasteiger partial charge in [0.1, 0.15) is 5.66 Å². The molecule has 0 aromatic carbocycles. The van der Waals surface area contributed by atoms with Crippen LogP contribution in [0.4, 0.5) is 0 Å². The number of carbonyl (C=O) groups excluding carboxylic acids is 1. The van der Waals surface area contributed by atoms with Crippen molar-refractivity contribution in [2.45, 2.75) is 45.2 Å². The van der Waals surface area contributed by atoms with E-state index in [4.69, 9.17) is 0 Å². The topological polar surface area (TPSA) is 65.8 Å². The maximum absolute atomic E-state index is 12.8. The minimum Gasteiger partial charge on any atom is -0.502 e. The highest BCUT2D eigenvalue weighted by molar-refractivity contribution is 5.97. The van der Waals surface area contributed by atoms with Crippen LogP contribution in [-0.2, 0) is 0 Å². The third-order valence-corrected chi connectivity index (χ3v) is 4.94. The largest absolute Gasteiger partial charge is 0.502 e. The molecule has 1 saturated carbocycles. The number of pyridine rings is 1. The quantitative estimate of drug-likeness (QED) is 0.843. The Hall–Kier alpha value is -1.98. The fourth-order valence-corrected chi connectivity index (χ4v) is 3.81. The monoisotopic (exact) mass is 291 g/mol. The molecule has 1 aliphatic carbocycles. The van der Waals surface area contributed by atoms with Crippen LogP contribution in [0.1, 0.15) is 48.7 Å². The molecule has 2 heterocycles. The molecule has 1 aromatic rings. The van der Waals surface area contributed by atoms with Crippen molar-refractivity contribution in [1.82, 2.24) is 9.58 Å². The fourth-order valence-electron chi connectivity index (χ4n) is 3.81. The number of fused-ring (bicyclic) bond motifs is 1. The van der Waals surface area contributed by atoms with E-state index in [0.29, 0.717) is 12.1 Å². The smallest absolute Gasteiger partial charge is 0.278 e. The molecular weight excluding hydrogens is 270 g/mol. The molecule has 1 aromatic heterocycles. The summed E-state index contributed by atoms with van der Waals surface area (Å²) in [5, 5.41) is 12.2. The molecule has 1 spiro atoms. The minimum absolute atomic E-state index is 0.0764. The van der Waals surface area contributed by atoms with Gasteiger partial charge in [0.2, 0.25) is 5.43 Å². The van der Waals surface area contributed by atoms with Crippen molar-refractivity contribution in [1.29, 1.82) is 0 Å². The van der Waals surface area contributed by atoms with E-state index in [1.54, 1.807) is 22.7 Å². The Morgan fingerprint density at radius 2 is 1.90 bits per heavy atom. The van der Waals surface area contributed by atoms with Gasteiger partial charge in [0.25, 0.3) is 5.91 Å². The lowest BCUT2D eigenvalue weighted by molar-refractivity contribution is 0.0321. The van der Waals surface area contributed by atoms with Crippen molar-refractivity contribution in [3.05, 3.63) is 27.7 Å². The molecule has 0 bridgehead atoms. The Kier molecular flexibility index (Phi) is 3.00. The number of amides is 1. The Morgan fingerprint density at radius 1 is 1.29 bits per heavy atom. The lowest BCUT2D eigenvalue weighted by Crippen LogP contribution is -2.68. The molecule has 0 atom stereocenters. The fraction of sp³-hybridized carbons (Fsp3) is 0.600. The summed E-state index contributed by atoms with van der Waals surface area (Å²) < 4.78 is 1.66. The molecule has 0 radical (unpaired) electrons. The number of aromatic hydroxyl groups is 1. The number of aryl methyl sites for hydroxylation is 1. The zero-order valence-electron chi connectivity index (χ0n) is 12.7. The first-order chi connectivity index (χ1) is 9.94. The van der Waals surface area contributed by atoms with Gasteiger partial charge in [-0.25, -0.2) is 0 Å². The molecule has 1 amide bonds. The van der Waals surface area contributed by atoms with Crippen LogP contribution >= 0.6 is 0 Å². The van der Waals surface area contributed by atoms with Crippen molar-refractivity contribution in [3.63, 3.8) is 0 Å². The van der Waals surface area contributed by atoms with Gasteiger partial charge in [-0.1, -0.05) is 0 Å². The molecule has 1 N–H and O–H groups in total. The summed E-state index contributed by atoms with van der Waals surface area (Å²) in [6, 6.07) is 0. The van der Waals surface area contributed by atoms with E-state index in [9.17, 15) is 14.7 Å². The molecule has 2 aliphatic rings. The molecule has 3 rings (SSSR count). The predicted molar refractivity (Wildman–Crippen MR) is 79.2 cm³/mol. The number of rotatable bonds is 1. The summed E-state index contributed by atoms with van der Waals surface area (Å²) in [6.45, 7) is 4.15. The molecule has 114 valence electrons. The molecule has 0 unspecified atom stereocenters. The summed E-state index contributed by atoms with van der Waals surface area (Å²) in [5.41, 5.74) is -0.296. The average molecular weight is 291 g/mol. The van der Waals surface area contributed by atoms with Crippen molar-refractivity contribution in [3.8, 4) is 5.75 Å². The summed E-state index contributed by atoms with van der Waals surface area (Å²) in [5.74, 6) is -0.703. The second-order valence-corrected chi connectivity index (χ2v) is 5.95.